The monoisotopic (exact) mass is 349 g/mol. The second kappa shape index (κ2) is 5.72. The van der Waals surface area contributed by atoms with Crippen LogP contribution in [-0.4, -0.2) is 0 Å². The lowest BCUT2D eigenvalue weighted by atomic mass is 10.0. The zero-order valence-corrected chi connectivity index (χ0v) is 12.7. The van der Waals surface area contributed by atoms with Crippen molar-refractivity contribution in [1.82, 2.24) is 0 Å². The smallest absolute Gasteiger partial charge is 0.0640 e. The fourth-order valence-corrected chi connectivity index (χ4v) is 3.61. The van der Waals surface area contributed by atoms with E-state index in [1.54, 1.807) is 17.4 Å². The molecule has 0 amide bonds. The molecule has 2 N–H and O–H groups in total. The Labute approximate surface area is 123 Å². The molecule has 0 saturated heterocycles. The normalized spacial score (nSPS) is 12.7. The van der Waals surface area contributed by atoms with Crippen LogP contribution >= 0.6 is 50.5 Å². The number of benzene rings is 1. The minimum absolute atomic E-state index is 0.142. The van der Waals surface area contributed by atoms with Crippen LogP contribution in [0.2, 0.25) is 10.0 Å². The molecule has 0 aliphatic heterocycles. The minimum Gasteiger partial charge on any atom is -0.324 e. The van der Waals surface area contributed by atoms with Crippen molar-refractivity contribution in [2.45, 2.75) is 12.5 Å². The summed E-state index contributed by atoms with van der Waals surface area (Å²) in [6, 6.07) is 7.43. The van der Waals surface area contributed by atoms with Crippen molar-refractivity contribution >= 4 is 50.5 Å². The van der Waals surface area contributed by atoms with Gasteiger partial charge < -0.3 is 5.73 Å². The second-order valence-electron chi connectivity index (χ2n) is 3.65. The lowest BCUT2D eigenvalue weighted by Crippen LogP contribution is -2.13. The number of hydrogen-bond acceptors (Lipinski definition) is 2. The summed E-state index contributed by atoms with van der Waals surface area (Å²) in [5.74, 6) is 0. The van der Waals surface area contributed by atoms with E-state index in [4.69, 9.17) is 28.9 Å². The highest BCUT2D eigenvalue weighted by Crippen LogP contribution is 2.32. The lowest BCUT2D eigenvalue weighted by molar-refractivity contribution is 0.729. The molecule has 1 unspecified atom stereocenters. The summed E-state index contributed by atoms with van der Waals surface area (Å²) in [4.78, 5) is 1.22. The summed E-state index contributed by atoms with van der Waals surface area (Å²) in [5.41, 5.74) is 7.06. The van der Waals surface area contributed by atoms with Gasteiger partial charge in [-0.25, -0.2) is 0 Å². The topological polar surface area (TPSA) is 26.0 Å². The average Bonchev–Trinajstić information content (AvgIpc) is 2.68. The summed E-state index contributed by atoms with van der Waals surface area (Å²) < 4.78 is 1.09. The minimum atomic E-state index is -0.142. The Morgan fingerprint density at radius 2 is 2.06 bits per heavy atom. The SMILES string of the molecule is NC(Cc1sccc1Br)c1cccc(Cl)c1Cl. The van der Waals surface area contributed by atoms with Gasteiger partial charge in [0.2, 0.25) is 0 Å². The average molecular weight is 351 g/mol. The van der Waals surface area contributed by atoms with Crippen LogP contribution in [0.25, 0.3) is 0 Å². The van der Waals surface area contributed by atoms with Crippen molar-refractivity contribution in [2.75, 3.05) is 0 Å². The van der Waals surface area contributed by atoms with E-state index in [9.17, 15) is 0 Å². The maximum absolute atomic E-state index is 6.17. The van der Waals surface area contributed by atoms with E-state index in [-0.39, 0.29) is 6.04 Å². The van der Waals surface area contributed by atoms with Gasteiger partial charge >= 0.3 is 0 Å². The second-order valence-corrected chi connectivity index (χ2v) is 6.29. The molecule has 90 valence electrons. The first kappa shape index (κ1) is 13.4. The molecule has 2 aromatic rings. The molecule has 1 heterocycles. The van der Waals surface area contributed by atoms with E-state index in [2.05, 4.69) is 15.9 Å². The summed E-state index contributed by atoms with van der Waals surface area (Å²) in [6.45, 7) is 0. The third kappa shape index (κ3) is 3.04. The van der Waals surface area contributed by atoms with E-state index < -0.39 is 0 Å². The summed E-state index contributed by atoms with van der Waals surface area (Å²) in [5, 5.41) is 3.13. The molecule has 0 aliphatic rings. The third-order valence-electron chi connectivity index (χ3n) is 2.48. The predicted octanol–water partition coefficient (Wildman–Crippen LogP) is 5.06. The van der Waals surface area contributed by atoms with Crippen LogP contribution in [0, 0.1) is 0 Å². The van der Waals surface area contributed by atoms with Gasteiger partial charge in [-0.05, 0) is 39.0 Å². The Kier molecular flexibility index (Phi) is 4.50. The molecule has 0 saturated carbocycles. The molecule has 1 aromatic carbocycles. The maximum Gasteiger partial charge on any atom is 0.0640 e. The van der Waals surface area contributed by atoms with Crippen LogP contribution in [0.5, 0.6) is 0 Å². The molecule has 1 aromatic heterocycles. The van der Waals surface area contributed by atoms with Gasteiger partial charge in [0, 0.05) is 21.8 Å². The van der Waals surface area contributed by atoms with Crippen molar-refractivity contribution in [3.05, 3.63) is 54.6 Å². The molecule has 0 aliphatic carbocycles. The molecule has 0 bridgehead atoms. The molecule has 1 nitrogen and oxygen atoms in total. The fourth-order valence-electron chi connectivity index (χ4n) is 1.59. The first-order valence-electron chi connectivity index (χ1n) is 5.01. The van der Waals surface area contributed by atoms with Gasteiger partial charge in [-0.3, -0.25) is 0 Å². The van der Waals surface area contributed by atoms with Gasteiger partial charge in [0.15, 0.2) is 0 Å². The van der Waals surface area contributed by atoms with Gasteiger partial charge in [-0.1, -0.05) is 35.3 Å². The van der Waals surface area contributed by atoms with E-state index in [0.717, 1.165) is 16.5 Å². The highest BCUT2D eigenvalue weighted by molar-refractivity contribution is 9.10. The fraction of sp³-hybridized carbons (Fsp3) is 0.167. The summed E-state index contributed by atoms with van der Waals surface area (Å²) in [7, 11) is 0. The molecular weight excluding hydrogens is 341 g/mol. The number of thiophene rings is 1. The van der Waals surface area contributed by atoms with Crippen LogP contribution in [0.3, 0.4) is 0 Å². The van der Waals surface area contributed by atoms with Crippen molar-refractivity contribution < 1.29 is 0 Å². The molecule has 0 spiro atoms. The van der Waals surface area contributed by atoms with E-state index in [0.29, 0.717) is 10.0 Å². The van der Waals surface area contributed by atoms with Gasteiger partial charge in [-0.2, -0.15) is 0 Å². The van der Waals surface area contributed by atoms with Crippen LogP contribution < -0.4 is 5.73 Å². The maximum atomic E-state index is 6.17. The molecule has 0 fully saturated rings. The van der Waals surface area contributed by atoms with Crippen LogP contribution in [0.4, 0.5) is 0 Å². The number of hydrogen-bond donors (Lipinski definition) is 1. The largest absolute Gasteiger partial charge is 0.324 e. The Morgan fingerprint density at radius 1 is 1.29 bits per heavy atom. The quantitative estimate of drug-likeness (QED) is 0.822. The molecular formula is C12H10BrCl2NS. The Balaban J connectivity index is 2.23. The summed E-state index contributed by atoms with van der Waals surface area (Å²) >= 11 is 17.3. The van der Waals surface area contributed by atoms with Gasteiger partial charge in [-0.15, -0.1) is 11.3 Å². The van der Waals surface area contributed by atoms with Gasteiger partial charge in [0.1, 0.15) is 0 Å². The Morgan fingerprint density at radius 3 is 2.71 bits per heavy atom. The molecule has 1 atom stereocenters. The van der Waals surface area contributed by atoms with Crippen molar-refractivity contribution in [3.63, 3.8) is 0 Å². The van der Waals surface area contributed by atoms with Crippen LogP contribution in [-0.2, 0) is 6.42 Å². The summed E-state index contributed by atoms with van der Waals surface area (Å²) in [6.07, 6.45) is 0.748. The Hall–Kier alpha value is -0.0600. The third-order valence-corrected chi connectivity index (χ3v) is 5.26. The molecule has 17 heavy (non-hydrogen) atoms. The van der Waals surface area contributed by atoms with Gasteiger partial charge in [0.25, 0.3) is 0 Å². The predicted molar refractivity (Wildman–Crippen MR) is 79.1 cm³/mol. The zero-order chi connectivity index (χ0) is 12.4. The first-order valence-corrected chi connectivity index (χ1v) is 7.44. The highest BCUT2D eigenvalue weighted by atomic mass is 79.9. The zero-order valence-electron chi connectivity index (χ0n) is 8.79. The molecule has 0 radical (unpaired) electrons. The van der Waals surface area contributed by atoms with E-state index in [1.165, 1.54) is 4.88 Å². The number of halogens is 3. The molecule has 2 rings (SSSR count). The van der Waals surface area contributed by atoms with Crippen LogP contribution in [0.1, 0.15) is 16.5 Å². The Bertz CT molecular complexity index is 527. The van der Waals surface area contributed by atoms with Crippen LogP contribution in [0.15, 0.2) is 34.1 Å². The first-order chi connectivity index (χ1) is 8.09. The highest BCUT2D eigenvalue weighted by Gasteiger charge is 2.14. The van der Waals surface area contributed by atoms with Crippen molar-refractivity contribution in [3.8, 4) is 0 Å². The number of rotatable bonds is 3. The standard InChI is InChI=1S/C12H10BrCl2NS/c13-8-4-5-17-11(8)6-10(16)7-2-1-3-9(14)12(7)15/h1-5,10H,6,16H2. The van der Waals surface area contributed by atoms with Crippen molar-refractivity contribution in [2.24, 2.45) is 5.73 Å². The van der Waals surface area contributed by atoms with Gasteiger partial charge in [0.05, 0.1) is 10.0 Å². The number of nitrogens with two attached hydrogens (primary N) is 1. The molecule has 5 heteroatoms. The van der Waals surface area contributed by atoms with E-state index in [1.807, 2.05) is 23.6 Å². The lowest BCUT2D eigenvalue weighted by Gasteiger charge is -2.13. The van der Waals surface area contributed by atoms with Crippen molar-refractivity contribution in [1.29, 1.82) is 0 Å². The van der Waals surface area contributed by atoms with E-state index >= 15 is 0 Å².